The van der Waals surface area contributed by atoms with Crippen molar-refractivity contribution < 1.29 is 26.7 Å². The summed E-state index contributed by atoms with van der Waals surface area (Å²) < 4.78 is 65.1. The van der Waals surface area contributed by atoms with Gasteiger partial charge in [-0.25, -0.2) is 19.4 Å². The maximum atomic E-state index is 14.0. The normalized spacial score (nSPS) is 17.9. The molecule has 0 saturated carbocycles. The number of nitrogens with zero attached hydrogens (tertiary/aromatic N) is 4. The second-order valence-corrected chi connectivity index (χ2v) is 9.41. The molecule has 0 N–H and O–H groups in total. The molecule has 0 fully saturated rings. The molecule has 6 nitrogen and oxygen atoms in total. The molecule has 0 spiro atoms. The van der Waals surface area contributed by atoms with Crippen LogP contribution in [-0.2, 0) is 18.4 Å². The Kier molecular flexibility index (Phi) is 6.63. The first-order valence-electron chi connectivity index (χ1n) is 11.1. The Morgan fingerprint density at radius 3 is 2.68 bits per heavy atom. The van der Waals surface area contributed by atoms with E-state index in [1.54, 1.807) is 24.3 Å². The minimum Gasteiger partial charge on any atom is -0.487 e. The van der Waals surface area contributed by atoms with Gasteiger partial charge in [-0.05, 0) is 49.4 Å². The molecule has 0 bridgehead atoms. The number of imidazole rings is 1. The van der Waals surface area contributed by atoms with Gasteiger partial charge < -0.3 is 13.7 Å². The average molecular weight is 529 g/mol. The van der Waals surface area contributed by atoms with Gasteiger partial charge >= 0.3 is 6.18 Å². The van der Waals surface area contributed by atoms with Crippen LogP contribution in [0.15, 0.2) is 76.9 Å². The Bertz CT molecular complexity index is 1450. The lowest BCUT2D eigenvalue weighted by Crippen LogP contribution is -2.26. The molecule has 0 radical (unpaired) electrons. The molecule has 2 aromatic carbocycles. The number of oxazole rings is 1. The second kappa shape index (κ2) is 9.89. The minimum absolute atomic E-state index is 0.0144. The quantitative estimate of drug-likeness (QED) is 0.252. The number of aliphatic imine (C=N–C) groups is 1. The third-order valence-corrected chi connectivity index (χ3v) is 6.97. The molecule has 1 unspecified atom stereocenters. The Morgan fingerprint density at radius 2 is 1.97 bits per heavy atom. The lowest BCUT2D eigenvalue weighted by Gasteiger charge is -2.20. The van der Waals surface area contributed by atoms with E-state index in [4.69, 9.17) is 14.1 Å². The van der Waals surface area contributed by atoms with Crippen molar-refractivity contribution in [3.63, 3.8) is 0 Å². The largest absolute Gasteiger partial charge is 0.487 e. The molecule has 2 aromatic heterocycles. The molecule has 0 aliphatic carbocycles. The second-order valence-electron chi connectivity index (χ2n) is 8.45. The van der Waals surface area contributed by atoms with Crippen molar-refractivity contribution in [2.75, 3.05) is 5.75 Å². The van der Waals surface area contributed by atoms with Crippen LogP contribution >= 0.6 is 11.8 Å². The monoisotopic (exact) mass is 528 g/mol. The van der Waals surface area contributed by atoms with Crippen LogP contribution in [0.3, 0.4) is 0 Å². The molecule has 5 rings (SSSR count). The van der Waals surface area contributed by atoms with Crippen LogP contribution in [-0.4, -0.2) is 25.3 Å². The number of thioether (sulfide) groups is 1. The molecular formula is C26H20F4N4O2S. The maximum absolute atomic E-state index is 14.0. The molecule has 0 saturated heterocycles. The van der Waals surface area contributed by atoms with E-state index in [2.05, 4.69) is 16.9 Å². The molecule has 3 heterocycles. The van der Waals surface area contributed by atoms with Crippen molar-refractivity contribution in [1.82, 2.24) is 14.5 Å². The zero-order valence-corrected chi connectivity index (χ0v) is 20.3. The summed E-state index contributed by atoms with van der Waals surface area (Å²) in [5.74, 6) is 0.630. The average Bonchev–Trinajstić information content (AvgIpc) is 3.64. The molecule has 11 heteroatoms. The Hall–Kier alpha value is -3.86. The van der Waals surface area contributed by atoms with Gasteiger partial charge in [0.25, 0.3) is 0 Å². The lowest BCUT2D eigenvalue weighted by atomic mass is 10.1. The Balaban J connectivity index is 1.18. The smallest absolute Gasteiger partial charge is 0.416 e. The summed E-state index contributed by atoms with van der Waals surface area (Å²) in [6.45, 7) is 2.20. The van der Waals surface area contributed by atoms with Gasteiger partial charge in [0.05, 0.1) is 11.9 Å². The van der Waals surface area contributed by atoms with E-state index >= 15 is 0 Å². The van der Waals surface area contributed by atoms with Crippen LogP contribution in [0.4, 0.5) is 17.6 Å². The van der Waals surface area contributed by atoms with Crippen LogP contribution in [0, 0.1) is 5.82 Å². The van der Waals surface area contributed by atoms with Crippen molar-refractivity contribution in [2.45, 2.75) is 25.4 Å². The molecule has 1 atom stereocenters. The van der Waals surface area contributed by atoms with Gasteiger partial charge in [-0.3, -0.25) is 0 Å². The summed E-state index contributed by atoms with van der Waals surface area (Å²) in [4.78, 5) is 13.2. The van der Waals surface area contributed by atoms with Gasteiger partial charge in [-0.2, -0.15) is 13.2 Å². The summed E-state index contributed by atoms with van der Waals surface area (Å²) in [6.07, 6.45) is 4.88. The van der Waals surface area contributed by atoms with Gasteiger partial charge in [-0.15, -0.1) is 11.8 Å². The molecule has 1 aliphatic heterocycles. The highest BCUT2D eigenvalue weighted by molar-refractivity contribution is 8.14. The number of rotatable bonds is 7. The first-order chi connectivity index (χ1) is 17.7. The summed E-state index contributed by atoms with van der Waals surface area (Å²) >= 11 is 1.68. The van der Waals surface area contributed by atoms with Gasteiger partial charge in [0.15, 0.2) is 0 Å². The standard InChI is InChI=1S/C26H20F4N4O2S/c1-25(34-11-10-31-16-34)15-37-24(33-25)18-3-7-21(8-4-18)35-13-20-14-36-23(32-20)9-5-17-2-6-19(12-22(17)27)26(28,29)30/h2-12,14,16H,13,15H2,1H3/b9-5+. The molecular weight excluding hydrogens is 508 g/mol. The number of ether oxygens (including phenoxy) is 1. The van der Waals surface area contributed by atoms with Crippen LogP contribution in [0.1, 0.15) is 35.2 Å². The van der Waals surface area contributed by atoms with E-state index in [0.29, 0.717) is 17.5 Å². The first-order valence-corrected chi connectivity index (χ1v) is 12.1. The van der Waals surface area contributed by atoms with Crippen LogP contribution in [0.5, 0.6) is 5.75 Å². The number of benzene rings is 2. The third-order valence-electron chi connectivity index (χ3n) is 5.68. The Morgan fingerprint density at radius 1 is 1.16 bits per heavy atom. The van der Waals surface area contributed by atoms with Gasteiger partial charge in [0.2, 0.25) is 5.89 Å². The van der Waals surface area contributed by atoms with Crippen molar-refractivity contribution >= 4 is 29.0 Å². The summed E-state index contributed by atoms with van der Waals surface area (Å²) in [6, 6.07) is 9.90. The maximum Gasteiger partial charge on any atom is 0.416 e. The number of hydrogen-bond donors (Lipinski definition) is 0. The van der Waals surface area contributed by atoms with Gasteiger partial charge in [0.1, 0.15) is 40.8 Å². The SMILES string of the molecule is CC1(n2ccnc2)CSC(c2ccc(OCc3coc(/C=C/c4ccc(C(F)(F)F)cc4F)n3)cc2)=N1. The summed E-state index contributed by atoms with van der Waals surface area (Å²) in [7, 11) is 0. The van der Waals surface area contributed by atoms with E-state index in [-0.39, 0.29) is 23.7 Å². The van der Waals surface area contributed by atoms with Crippen molar-refractivity contribution in [2.24, 2.45) is 4.99 Å². The van der Waals surface area contributed by atoms with Gasteiger partial charge in [-0.1, -0.05) is 6.07 Å². The van der Waals surface area contributed by atoms with Crippen LogP contribution < -0.4 is 4.74 Å². The van der Waals surface area contributed by atoms with Crippen LogP contribution in [0.25, 0.3) is 12.2 Å². The van der Waals surface area contributed by atoms with Crippen LogP contribution in [0.2, 0.25) is 0 Å². The van der Waals surface area contributed by atoms with E-state index < -0.39 is 17.6 Å². The highest BCUT2D eigenvalue weighted by Crippen LogP contribution is 2.35. The predicted molar refractivity (Wildman–Crippen MR) is 132 cm³/mol. The number of aromatic nitrogens is 3. The summed E-state index contributed by atoms with van der Waals surface area (Å²) in [5, 5.41) is 0.945. The first kappa shape index (κ1) is 24.8. The number of alkyl halides is 3. The van der Waals surface area contributed by atoms with Crippen molar-refractivity contribution in [1.29, 1.82) is 0 Å². The molecule has 0 amide bonds. The number of hydrogen-bond acceptors (Lipinski definition) is 6. The summed E-state index contributed by atoms with van der Waals surface area (Å²) in [5.41, 5.74) is 0.0606. The predicted octanol–water partition coefficient (Wildman–Crippen LogP) is 6.64. The minimum atomic E-state index is -4.60. The lowest BCUT2D eigenvalue weighted by molar-refractivity contribution is -0.137. The zero-order chi connectivity index (χ0) is 26.0. The van der Waals surface area contributed by atoms with E-state index in [0.717, 1.165) is 28.5 Å². The molecule has 1 aliphatic rings. The highest BCUT2D eigenvalue weighted by atomic mass is 32.2. The number of halogens is 4. The Labute approximate surface area is 213 Å². The topological polar surface area (TPSA) is 65.4 Å². The van der Waals surface area contributed by atoms with Crippen molar-refractivity contribution in [3.05, 3.63) is 102 Å². The fourth-order valence-electron chi connectivity index (χ4n) is 3.63. The van der Waals surface area contributed by atoms with Crippen molar-refractivity contribution in [3.8, 4) is 5.75 Å². The zero-order valence-electron chi connectivity index (χ0n) is 19.4. The highest BCUT2D eigenvalue weighted by Gasteiger charge is 2.33. The fourth-order valence-corrected chi connectivity index (χ4v) is 4.82. The molecule has 4 aromatic rings. The van der Waals surface area contributed by atoms with E-state index in [9.17, 15) is 17.6 Å². The molecule has 190 valence electrons. The van der Waals surface area contributed by atoms with E-state index in [1.165, 1.54) is 18.4 Å². The third kappa shape index (κ3) is 5.61. The fraction of sp³-hybridized carbons (Fsp3) is 0.192. The van der Waals surface area contributed by atoms with E-state index in [1.807, 2.05) is 35.0 Å². The van der Waals surface area contributed by atoms with Gasteiger partial charge in [0, 0.05) is 35.3 Å². The molecule has 37 heavy (non-hydrogen) atoms.